The van der Waals surface area contributed by atoms with Crippen LogP contribution in [-0.4, -0.2) is 10.3 Å². The van der Waals surface area contributed by atoms with Crippen molar-refractivity contribution in [1.29, 1.82) is 0 Å². The molecule has 0 spiro atoms. The predicted molar refractivity (Wildman–Crippen MR) is 82.7 cm³/mol. The number of rotatable bonds is 5. The van der Waals surface area contributed by atoms with Crippen LogP contribution in [0.1, 0.15) is 5.56 Å². The molecule has 0 amide bonds. The van der Waals surface area contributed by atoms with Crippen LogP contribution in [0.5, 0.6) is 0 Å². The summed E-state index contributed by atoms with van der Waals surface area (Å²) in [6.07, 6.45) is 1.68. The SMILES string of the molecule is Nc1ccc(=O)n(CCSCc2ccccc2Cl)c1. The molecule has 0 atom stereocenters. The lowest BCUT2D eigenvalue weighted by atomic mass is 10.2. The van der Waals surface area contributed by atoms with Crippen molar-refractivity contribution in [3.8, 4) is 0 Å². The molecule has 0 saturated heterocycles. The summed E-state index contributed by atoms with van der Waals surface area (Å²) in [5, 5.41) is 0.788. The van der Waals surface area contributed by atoms with Crippen molar-refractivity contribution in [2.24, 2.45) is 0 Å². The number of anilines is 1. The molecule has 0 fully saturated rings. The highest BCUT2D eigenvalue weighted by Crippen LogP contribution is 2.20. The third-order valence-electron chi connectivity index (χ3n) is 2.70. The Hall–Kier alpha value is -1.39. The first kappa shape index (κ1) is 14.0. The monoisotopic (exact) mass is 294 g/mol. The fraction of sp³-hybridized carbons (Fsp3) is 0.214. The zero-order valence-corrected chi connectivity index (χ0v) is 12.0. The molecule has 19 heavy (non-hydrogen) atoms. The molecule has 0 aliphatic rings. The van der Waals surface area contributed by atoms with E-state index in [-0.39, 0.29) is 5.56 Å². The molecular weight excluding hydrogens is 280 g/mol. The predicted octanol–water partition coefficient (Wildman–Crippen LogP) is 3.02. The Balaban J connectivity index is 1.86. The van der Waals surface area contributed by atoms with E-state index in [4.69, 9.17) is 17.3 Å². The minimum absolute atomic E-state index is 0.0208. The van der Waals surface area contributed by atoms with Gasteiger partial charge in [-0.15, -0.1) is 0 Å². The van der Waals surface area contributed by atoms with E-state index in [2.05, 4.69) is 0 Å². The summed E-state index contributed by atoms with van der Waals surface area (Å²) in [4.78, 5) is 11.6. The summed E-state index contributed by atoms with van der Waals surface area (Å²) >= 11 is 7.83. The van der Waals surface area contributed by atoms with Gasteiger partial charge in [0.1, 0.15) is 0 Å². The number of thioether (sulfide) groups is 1. The molecule has 1 aromatic carbocycles. The van der Waals surface area contributed by atoms with Crippen LogP contribution < -0.4 is 11.3 Å². The van der Waals surface area contributed by atoms with Crippen molar-refractivity contribution in [1.82, 2.24) is 4.57 Å². The molecule has 0 bridgehead atoms. The summed E-state index contributed by atoms with van der Waals surface area (Å²) in [5.74, 6) is 1.69. The van der Waals surface area contributed by atoms with Crippen LogP contribution in [0.25, 0.3) is 0 Å². The Morgan fingerprint density at radius 3 is 2.79 bits per heavy atom. The van der Waals surface area contributed by atoms with Gasteiger partial charge in [-0.05, 0) is 17.7 Å². The summed E-state index contributed by atoms with van der Waals surface area (Å²) in [6.45, 7) is 0.652. The van der Waals surface area contributed by atoms with Gasteiger partial charge in [0.2, 0.25) is 0 Å². The number of nitrogens with two attached hydrogens (primary N) is 1. The van der Waals surface area contributed by atoms with Gasteiger partial charge < -0.3 is 10.3 Å². The molecule has 1 heterocycles. The molecule has 0 saturated carbocycles. The van der Waals surface area contributed by atoms with Gasteiger partial charge in [-0.25, -0.2) is 0 Å². The van der Waals surface area contributed by atoms with Gasteiger partial charge >= 0.3 is 0 Å². The second-order valence-corrected chi connectivity index (χ2v) is 5.65. The highest BCUT2D eigenvalue weighted by Gasteiger charge is 2.00. The zero-order valence-electron chi connectivity index (χ0n) is 10.4. The average molecular weight is 295 g/mol. The summed E-state index contributed by atoms with van der Waals surface area (Å²) in [5.41, 5.74) is 7.36. The topological polar surface area (TPSA) is 48.0 Å². The molecule has 0 aliphatic heterocycles. The van der Waals surface area contributed by atoms with E-state index < -0.39 is 0 Å². The van der Waals surface area contributed by atoms with E-state index in [0.717, 1.165) is 22.1 Å². The molecule has 2 aromatic rings. The van der Waals surface area contributed by atoms with Crippen molar-refractivity contribution in [3.63, 3.8) is 0 Å². The summed E-state index contributed by atoms with van der Waals surface area (Å²) in [7, 11) is 0. The minimum Gasteiger partial charge on any atom is -0.398 e. The molecule has 5 heteroatoms. The Kier molecular flexibility index (Phi) is 4.93. The highest BCUT2D eigenvalue weighted by atomic mass is 35.5. The van der Waals surface area contributed by atoms with Crippen LogP contribution in [0, 0.1) is 0 Å². The smallest absolute Gasteiger partial charge is 0.250 e. The molecule has 3 nitrogen and oxygen atoms in total. The van der Waals surface area contributed by atoms with Crippen LogP contribution in [0.2, 0.25) is 5.02 Å². The number of hydrogen-bond acceptors (Lipinski definition) is 3. The Morgan fingerprint density at radius 2 is 2.00 bits per heavy atom. The molecule has 0 unspecified atom stereocenters. The molecule has 2 N–H and O–H groups in total. The van der Waals surface area contributed by atoms with Crippen LogP contribution in [0.15, 0.2) is 47.4 Å². The van der Waals surface area contributed by atoms with Crippen molar-refractivity contribution >= 4 is 29.1 Å². The van der Waals surface area contributed by atoms with Crippen LogP contribution >= 0.6 is 23.4 Å². The molecule has 100 valence electrons. The number of aromatic nitrogens is 1. The maximum absolute atomic E-state index is 11.6. The van der Waals surface area contributed by atoms with Gasteiger partial charge in [0.15, 0.2) is 0 Å². The second kappa shape index (κ2) is 6.68. The van der Waals surface area contributed by atoms with Crippen LogP contribution in [0.4, 0.5) is 5.69 Å². The van der Waals surface area contributed by atoms with Gasteiger partial charge in [0.25, 0.3) is 5.56 Å². The van der Waals surface area contributed by atoms with E-state index in [0.29, 0.717) is 12.2 Å². The minimum atomic E-state index is -0.0208. The number of hydrogen-bond donors (Lipinski definition) is 1. The number of pyridine rings is 1. The van der Waals surface area contributed by atoms with Crippen molar-refractivity contribution < 1.29 is 0 Å². The lowest BCUT2D eigenvalue weighted by molar-refractivity contribution is 0.737. The standard InChI is InChI=1S/C14H15ClN2OS/c15-13-4-2-1-3-11(13)10-19-8-7-17-9-12(16)5-6-14(17)18/h1-6,9H,7-8,10,16H2. The quantitative estimate of drug-likeness (QED) is 0.862. The fourth-order valence-corrected chi connectivity index (χ4v) is 2.91. The molecule has 0 aliphatic carbocycles. The number of nitrogens with zero attached hydrogens (tertiary/aromatic N) is 1. The van der Waals surface area contributed by atoms with Crippen molar-refractivity contribution in [2.75, 3.05) is 11.5 Å². The van der Waals surface area contributed by atoms with E-state index >= 15 is 0 Å². The van der Waals surface area contributed by atoms with Gasteiger partial charge in [0.05, 0.1) is 0 Å². The normalized spacial score (nSPS) is 10.6. The Bertz CT molecular complexity index is 612. The average Bonchev–Trinajstić information content (AvgIpc) is 2.40. The molecule has 2 rings (SSSR count). The van der Waals surface area contributed by atoms with Gasteiger partial charge in [0, 0.05) is 41.0 Å². The number of nitrogen functional groups attached to an aromatic ring is 1. The van der Waals surface area contributed by atoms with Gasteiger partial charge in [-0.1, -0.05) is 29.8 Å². The van der Waals surface area contributed by atoms with Gasteiger partial charge in [-0.2, -0.15) is 11.8 Å². The second-order valence-electron chi connectivity index (χ2n) is 4.14. The van der Waals surface area contributed by atoms with Crippen LogP contribution in [-0.2, 0) is 12.3 Å². The molecule has 1 aromatic heterocycles. The molecule has 0 radical (unpaired) electrons. The Morgan fingerprint density at radius 1 is 1.21 bits per heavy atom. The third-order valence-corrected chi connectivity index (χ3v) is 4.05. The summed E-state index contributed by atoms with van der Waals surface area (Å²) < 4.78 is 1.63. The lowest BCUT2D eigenvalue weighted by Crippen LogP contribution is -2.19. The van der Waals surface area contributed by atoms with Crippen molar-refractivity contribution in [3.05, 3.63) is 63.5 Å². The maximum atomic E-state index is 11.6. The van der Waals surface area contributed by atoms with E-state index in [1.807, 2.05) is 24.3 Å². The van der Waals surface area contributed by atoms with E-state index in [1.54, 1.807) is 28.6 Å². The number of halogens is 1. The largest absolute Gasteiger partial charge is 0.398 e. The van der Waals surface area contributed by atoms with E-state index in [9.17, 15) is 4.79 Å². The maximum Gasteiger partial charge on any atom is 0.250 e. The lowest BCUT2D eigenvalue weighted by Gasteiger charge is -2.07. The van der Waals surface area contributed by atoms with E-state index in [1.165, 1.54) is 6.07 Å². The first-order chi connectivity index (χ1) is 9.16. The van der Waals surface area contributed by atoms with Gasteiger partial charge in [-0.3, -0.25) is 4.79 Å². The van der Waals surface area contributed by atoms with Crippen LogP contribution in [0.3, 0.4) is 0 Å². The number of aryl methyl sites for hydroxylation is 1. The highest BCUT2D eigenvalue weighted by molar-refractivity contribution is 7.98. The fourth-order valence-electron chi connectivity index (χ4n) is 1.69. The first-order valence-electron chi connectivity index (χ1n) is 5.94. The summed E-state index contributed by atoms with van der Waals surface area (Å²) in [6, 6.07) is 10.9. The zero-order chi connectivity index (χ0) is 13.7. The van der Waals surface area contributed by atoms with Crippen molar-refractivity contribution in [2.45, 2.75) is 12.3 Å². The third kappa shape index (κ3) is 4.04. The molecular formula is C14H15ClN2OS. The Labute approximate surface area is 121 Å². The number of benzene rings is 1. The first-order valence-corrected chi connectivity index (χ1v) is 7.47.